The van der Waals surface area contributed by atoms with E-state index < -0.39 is 5.54 Å². The Balaban J connectivity index is 1.75. The summed E-state index contributed by atoms with van der Waals surface area (Å²) in [6.07, 6.45) is 3.68. The minimum Gasteiger partial charge on any atom is -0.394 e. The molecular formula is C13H27N3O. The van der Waals surface area contributed by atoms with Crippen molar-refractivity contribution in [3.8, 4) is 0 Å². The van der Waals surface area contributed by atoms with E-state index in [0.717, 1.165) is 25.6 Å². The summed E-state index contributed by atoms with van der Waals surface area (Å²) in [5, 5.41) is 9.21. The quantitative estimate of drug-likeness (QED) is 0.725. The number of nitrogens with two attached hydrogens (primary N) is 1. The zero-order valence-electron chi connectivity index (χ0n) is 11.2. The van der Waals surface area contributed by atoms with Gasteiger partial charge in [-0.15, -0.1) is 0 Å². The molecule has 17 heavy (non-hydrogen) atoms. The van der Waals surface area contributed by atoms with E-state index in [1.807, 2.05) is 6.92 Å². The lowest BCUT2D eigenvalue weighted by atomic mass is 9.95. The molecule has 4 nitrogen and oxygen atoms in total. The molecule has 2 rings (SSSR count). The molecule has 0 amide bonds. The van der Waals surface area contributed by atoms with Crippen molar-refractivity contribution < 1.29 is 5.11 Å². The smallest absolute Gasteiger partial charge is 0.0609 e. The number of aliphatic hydroxyl groups excluding tert-OH is 1. The molecule has 0 aromatic rings. The maximum absolute atomic E-state index is 9.21. The van der Waals surface area contributed by atoms with Crippen LogP contribution in [0.15, 0.2) is 0 Å². The number of piperazine rings is 1. The van der Waals surface area contributed by atoms with Crippen LogP contribution in [0.2, 0.25) is 0 Å². The van der Waals surface area contributed by atoms with Crippen LogP contribution in [-0.4, -0.2) is 65.3 Å². The Kier molecular flexibility index (Phi) is 4.08. The van der Waals surface area contributed by atoms with Gasteiger partial charge in [-0.2, -0.15) is 0 Å². The molecule has 0 bridgehead atoms. The summed E-state index contributed by atoms with van der Waals surface area (Å²) < 4.78 is 0. The zero-order valence-corrected chi connectivity index (χ0v) is 11.2. The zero-order chi connectivity index (χ0) is 12.5. The van der Waals surface area contributed by atoms with Crippen LogP contribution in [0.4, 0.5) is 0 Å². The summed E-state index contributed by atoms with van der Waals surface area (Å²) in [6, 6.07) is 1.36. The van der Waals surface area contributed by atoms with Gasteiger partial charge in [0.1, 0.15) is 0 Å². The fraction of sp³-hybridized carbons (Fsp3) is 1.00. The van der Waals surface area contributed by atoms with E-state index in [1.54, 1.807) is 0 Å². The molecule has 4 heteroatoms. The van der Waals surface area contributed by atoms with Crippen molar-refractivity contribution in [1.82, 2.24) is 9.80 Å². The van der Waals surface area contributed by atoms with E-state index in [-0.39, 0.29) is 6.61 Å². The lowest BCUT2D eigenvalue weighted by Gasteiger charge is -2.40. The van der Waals surface area contributed by atoms with Crippen molar-refractivity contribution in [2.75, 3.05) is 32.8 Å². The van der Waals surface area contributed by atoms with Crippen molar-refractivity contribution >= 4 is 0 Å². The van der Waals surface area contributed by atoms with Crippen LogP contribution < -0.4 is 5.73 Å². The lowest BCUT2D eigenvalue weighted by molar-refractivity contribution is 0.0768. The highest BCUT2D eigenvalue weighted by molar-refractivity contribution is 4.90. The fourth-order valence-corrected chi connectivity index (χ4v) is 2.85. The third kappa shape index (κ3) is 3.65. The normalized spacial score (nSPS) is 28.9. The molecule has 1 saturated heterocycles. The third-order valence-electron chi connectivity index (χ3n) is 4.16. The Bertz CT molecular complexity index is 245. The standard InChI is InChI=1S/C13H27N3O/c1-11(9-13(2,14)10-17)15-5-7-16(8-6-15)12-3-4-12/h11-12,17H,3-10,14H2,1-2H3. The first-order chi connectivity index (χ1) is 8.02. The highest BCUT2D eigenvalue weighted by atomic mass is 16.3. The van der Waals surface area contributed by atoms with Crippen LogP contribution in [0, 0.1) is 0 Å². The van der Waals surface area contributed by atoms with Crippen molar-refractivity contribution in [2.24, 2.45) is 5.73 Å². The summed E-state index contributed by atoms with van der Waals surface area (Å²) in [6.45, 7) is 8.94. The molecule has 1 aliphatic carbocycles. The van der Waals surface area contributed by atoms with Gasteiger partial charge in [-0.25, -0.2) is 0 Å². The van der Waals surface area contributed by atoms with Gasteiger partial charge in [-0.05, 0) is 33.1 Å². The van der Waals surface area contributed by atoms with Crippen molar-refractivity contribution in [3.05, 3.63) is 0 Å². The molecule has 0 aromatic heterocycles. The molecular weight excluding hydrogens is 214 g/mol. The Morgan fingerprint density at radius 1 is 1.29 bits per heavy atom. The molecule has 0 radical (unpaired) electrons. The van der Waals surface area contributed by atoms with Crippen LogP contribution >= 0.6 is 0 Å². The van der Waals surface area contributed by atoms with Gasteiger partial charge in [0.15, 0.2) is 0 Å². The monoisotopic (exact) mass is 241 g/mol. The summed E-state index contributed by atoms with van der Waals surface area (Å²) in [5.74, 6) is 0. The van der Waals surface area contributed by atoms with E-state index in [9.17, 15) is 5.11 Å². The van der Waals surface area contributed by atoms with Gasteiger partial charge in [0.25, 0.3) is 0 Å². The summed E-state index contributed by atoms with van der Waals surface area (Å²) in [5.41, 5.74) is 5.58. The first-order valence-corrected chi connectivity index (χ1v) is 6.90. The first kappa shape index (κ1) is 13.3. The number of aliphatic hydroxyl groups is 1. The van der Waals surface area contributed by atoms with Crippen LogP contribution in [0.5, 0.6) is 0 Å². The number of hydrogen-bond donors (Lipinski definition) is 2. The van der Waals surface area contributed by atoms with Crippen LogP contribution in [0.3, 0.4) is 0 Å². The predicted molar refractivity (Wildman–Crippen MR) is 69.9 cm³/mol. The number of rotatable bonds is 5. The molecule has 1 saturated carbocycles. The Hall–Kier alpha value is -0.160. The van der Waals surface area contributed by atoms with Crippen LogP contribution in [0.25, 0.3) is 0 Å². The molecule has 0 spiro atoms. The van der Waals surface area contributed by atoms with Gasteiger partial charge in [0.2, 0.25) is 0 Å². The van der Waals surface area contributed by atoms with Crippen molar-refractivity contribution in [2.45, 2.75) is 50.7 Å². The molecule has 2 fully saturated rings. The minimum atomic E-state index is -0.437. The second kappa shape index (κ2) is 5.22. The maximum atomic E-state index is 9.21. The second-order valence-corrected chi connectivity index (χ2v) is 6.17. The van der Waals surface area contributed by atoms with E-state index in [0.29, 0.717) is 6.04 Å². The minimum absolute atomic E-state index is 0.0688. The molecule has 1 aliphatic heterocycles. The van der Waals surface area contributed by atoms with E-state index in [2.05, 4.69) is 16.7 Å². The third-order valence-corrected chi connectivity index (χ3v) is 4.16. The van der Waals surface area contributed by atoms with Crippen molar-refractivity contribution in [3.63, 3.8) is 0 Å². The van der Waals surface area contributed by atoms with E-state index in [1.165, 1.54) is 25.9 Å². The predicted octanol–water partition coefficient (Wildman–Crippen LogP) is 0.255. The summed E-state index contributed by atoms with van der Waals surface area (Å²) in [7, 11) is 0. The van der Waals surface area contributed by atoms with Crippen LogP contribution in [-0.2, 0) is 0 Å². The molecule has 100 valence electrons. The summed E-state index contributed by atoms with van der Waals surface area (Å²) >= 11 is 0. The van der Waals surface area contributed by atoms with Crippen LogP contribution in [0.1, 0.15) is 33.1 Å². The number of hydrogen-bond acceptors (Lipinski definition) is 4. The molecule has 2 unspecified atom stereocenters. The Labute approximate surface area is 105 Å². The molecule has 2 atom stereocenters. The molecule has 3 N–H and O–H groups in total. The van der Waals surface area contributed by atoms with Gasteiger partial charge in [0, 0.05) is 43.8 Å². The highest BCUT2D eigenvalue weighted by Crippen LogP contribution is 2.28. The fourth-order valence-electron chi connectivity index (χ4n) is 2.85. The van der Waals surface area contributed by atoms with Gasteiger partial charge in [0.05, 0.1) is 6.61 Å². The average Bonchev–Trinajstić information content (AvgIpc) is 3.13. The largest absolute Gasteiger partial charge is 0.394 e. The SMILES string of the molecule is CC(CC(C)(N)CO)N1CCN(C2CC2)CC1. The molecule has 2 aliphatic rings. The topological polar surface area (TPSA) is 52.7 Å². The molecule has 1 heterocycles. The van der Waals surface area contributed by atoms with Gasteiger partial charge < -0.3 is 10.8 Å². The maximum Gasteiger partial charge on any atom is 0.0609 e. The number of nitrogens with zero attached hydrogens (tertiary/aromatic N) is 2. The lowest BCUT2D eigenvalue weighted by Crippen LogP contribution is -2.53. The van der Waals surface area contributed by atoms with E-state index >= 15 is 0 Å². The van der Waals surface area contributed by atoms with E-state index in [4.69, 9.17) is 5.73 Å². The van der Waals surface area contributed by atoms with Crippen molar-refractivity contribution in [1.29, 1.82) is 0 Å². The summed E-state index contributed by atoms with van der Waals surface area (Å²) in [4.78, 5) is 5.14. The Morgan fingerprint density at radius 2 is 1.88 bits per heavy atom. The van der Waals surface area contributed by atoms with Gasteiger partial charge in [-0.1, -0.05) is 0 Å². The second-order valence-electron chi connectivity index (χ2n) is 6.17. The first-order valence-electron chi connectivity index (χ1n) is 6.90. The molecule has 0 aromatic carbocycles. The highest BCUT2D eigenvalue weighted by Gasteiger charge is 2.33. The Morgan fingerprint density at radius 3 is 2.35 bits per heavy atom. The van der Waals surface area contributed by atoms with Gasteiger partial charge in [-0.3, -0.25) is 9.80 Å². The average molecular weight is 241 g/mol. The van der Waals surface area contributed by atoms with Gasteiger partial charge >= 0.3 is 0 Å².